The summed E-state index contributed by atoms with van der Waals surface area (Å²) in [5, 5.41) is 4.28. The third-order valence-electron chi connectivity index (χ3n) is 5.78. The number of amides is 1. The third-order valence-corrected chi connectivity index (χ3v) is 7.12. The van der Waals surface area contributed by atoms with Crippen molar-refractivity contribution in [2.45, 2.75) is 52.1 Å². The molecule has 4 rings (SSSR count). The summed E-state index contributed by atoms with van der Waals surface area (Å²) in [6.07, 6.45) is 4.65. The fraction of sp³-hybridized carbons (Fsp3) is 0.478. The molecule has 0 bridgehead atoms. The standard InChI is InChI=1S/C23H28ClN5O3S/c1-2-12-28-21(31)19-20(26-22(33-19)27-13-4-3-5-14-27)29(23(28)32)15-18(30)25-11-10-16-6-8-17(24)9-7-16/h6-9H,2-5,10-15H2,1H3,(H,25,30). The summed E-state index contributed by atoms with van der Waals surface area (Å²) in [5.41, 5.74) is 0.548. The molecule has 1 aromatic carbocycles. The number of nitrogens with zero attached hydrogens (tertiary/aromatic N) is 4. The number of hydrogen-bond donors (Lipinski definition) is 1. The van der Waals surface area contributed by atoms with Gasteiger partial charge < -0.3 is 10.2 Å². The van der Waals surface area contributed by atoms with Crippen LogP contribution in [-0.4, -0.2) is 39.7 Å². The van der Waals surface area contributed by atoms with Crippen LogP contribution in [-0.2, 0) is 24.3 Å². The maximum atomic E-state index is 13.1. The van der Waals surface area contributed by atoms with Gasteiger partial charge in [0.25, 0.3) is 5.56 Å². The van der Waals surface area contributed by atoms with E-state index in [0.29, 0.717) is 41.3 Å². The fourth-order valence-corrected chi connectivity index (χ4v) is 5.25. The summed E-state index contributed by atoms with van der Waals surface area (Å²) in [6, 6.07) is 7.46. The summed E-state index contributed by atoms with van der Waals surface area (Å²) in [7, 11) is 0. The lowest BCUT2D eigenvalue weighted by atomic mass is 10.1. The SMILES string of the molecule is CCCn1c(=O)c2sc(N3CCCCC3)nc2n(CC(=O)NCCc2ccc(Cl)cc2)c1=O. The van der Waals surface area contributed by atoms with E-state index in [9.17, 15) is 14.4 Å². The molecule has 8 nitrogen and oxygen atoms in total. The van der Waals surface area contributed by atoms with Crippen LogP contribution < -0.4 is 21.5 Å². The van der Waals surface area contributed by atoms with Crippen LogP contribution in [0.15, 0.2) is 33.9 Å². The van der Waals surface area contributed by atoms with Gasteiger partial charge in [-0.1, -0.05) is 42.0 Å². The predicted octanol–water partition coefficient (Wildman–Crippen LogP) is 3.03. The van der Waals surface area contributed by atoms with Crippen molar-refractivity contribution in [3.63, 3.8) is 0 Å². The Labute approximate surface area is 200 Å². The minimum absolute atomic E-state index is 0.177. The van der Waals surface area contributed by atoms with Gasteiger partial charge in [0.05, 0.1) is 0 Å². The Balaban J connectivity index is 1.58. The van der Waals surface area contributed by atoms with Crippen molar-refractivity contribution in [2.75, 3.05) is 24.5 Å². The van der Waals surface area contributed by atoms with E-state index < -0.39 is 5.69 Å². The molecule has 1 aliphatic heterocycles. The summed E-state index contributed by atoms with van der Waals surface area (Å²) < 4.78 is 2.99. The van der Waals surface area contributed by atoms with Gasteiger partial charge in [-0.2, -0.15) is 0 Å². The van der Waals surface area contributed by atoms with Gasteiger partial charge in [-0.05, 0) is 49.8 Å². The first-order valence-electron chi connectivity index (χ1n) is 11.4. The molecule has 2 aromatic heterocycles. The molecule has 0 radical (unpaired) electrons. The number of carbonyl (C=O) groups is 1. The summed E-state index contributed by atoms with van der Waals surface area (Å²) in [6.45, 7) is 4.25. The number of fused-ring (bicyclic) bond motifs is 1. The Morgan fingerprint density at radius 3 is 2.55 bits per heavy atom. The molecule has 1 saturated heterocycles. The summed E-state index contributed by atoms with van der Waals surface area (Å²) >= 11 is 7.23. The normalized spacial score (nSPS) is 14.1. The maximum absolute atomic E-state index is 13.1. The van der Waals surface area contributed by atoms with Crippen molar-refractivity contribution in [2.24, 2.45) is 0 Å². The number of carbonyl (C=O) groups excluding carboxylic acids is 1. The third kappa shape index (κ3) is 5.30. The number of anilines is 1. The van der Waals surface area contributed by atoms with Crippen LogP contribution in [0.3, 0.4) is 0 Å². The van der Waals surface area contributed by atoms with Crippen molar-refractivity contribution < 1.29 is 4.79 Å². The number of hydrogen-bond acceptors (Lipinski definition) is 6. The average molecular weight is 490 g/mol. The Kier molecular flexibility index (Phi) is 7.49. The summed E-state index contributed by atoms with van der Waals surface area (Å²) in [5.74, 6) is -0.290. The van der Waals surface area contributed by atoms with E-state index in [4.69, 9.17) is 11.6 Å². The lowest BCUT2D eigenvalue weighted by molar-refractivity contribution is -0.121. The van der Waals surface area contributed by atoms with Crippen molar-refractivity contribution in [3.05, 3.63) is 55.7 Å². The monoisotopic (exact) mass is 489 g/mol. The van der Waals surface area contributed by atoms with Crippen LogP contribution in [0.25, 0.3) is 10.3 Å². The quantitative estimate of drug-likeness (QED) is 0.525. The van der Waals surface area contributed by atoms with E-state index in [1.807, 2.05) is 31.2 Å². The zero-order valence-corrected chi connectivity index (χ0v) is 20.3. The topological polar surface area (TPSA) is 89.2 Å². The Hall–Kier alpha value is -2.65. The second kappa shape index (κ2) is 10.5. The highest BCUT2D eigenvalue weighted by atomic mass is 35.5. The molecule has 0 aliphatic carbocycles. The fourth-order valence-electron chi connectivity index (χ4n) is 4.05. The highest BCUT2D eigenvalue weighted by Gasteiger charge is 2.22. The number of benzene rings is 1. The van der Waals surface area contributed by atoms with Crippen LogP contribution in [0.1, 0.15) is 38.2 Å². The number of rotatable bonds is 8. The molecule has 1 fully saturated rings. The van der Waals surface area contributed by atoms with E-state index in [0.717, 1.165) is 36.6 Å². The Bertz CT molecular complexity index is 1240. The molecule has 1 aliphatic rings. The molecule has 3 heterocycles. The van der Waals surface area contributed by atoms with Gasteiger partial charge in [0.2, 0.25) is 5.91 Å². The molecule has 1 N–H and O–H groups in total. The number of nitrogens with one attached hydrogen (secondary N) is 1. The first-order chi connectivity index (χ1) is 16.0. The van der Waals surface area contributed by atoms with Crippen LogP contribution in [0.4, 0.5) is 5.13 Å². The zero-order chi connectivity index (χ0) is 23.4. The van der Waals surface area contributed by atoms with E-state index >= 15 is 0 Å². The van der Waals surface area contributed by atoms with E-state index in [-0.39, 0.29) is 18.0 Å². The van der Waals surface area contributed by atoms with Crippen LogP contribution in [0, 0.1) is 0 Å². The zero-order valence-electron chi connectivity index (χ0n) is 18.7. The molecular weight excluding hydrogens is 462 g/mol. The lowest BCUT2D eigenvalue weighted by Gasteiger charge is -2.25. The molecule has 3 aromatic rings. The van der Waals surface area contributed by atoms with Crippen molar-refractivity contribution >= 4 is 44.3 Å². The first kappa shape index (κ1) is 23.5. The molecule has 0 saturated carbocycles. The van der Waals surface area contributed by atoms with E-state index in [1.165, 1.54) is 26.9 Å². The highest BCUT2D eigenvalue weighted by Crippen LogP contribution is 2.28. The predicted molar refractivity (Wildman–Crippen MR) is 133 cm³/mol. The van der Waals surface area contributed by atoms with Gasteiger partial charge in [0, 0.05) is 31.2 Å². The van der Waals surface area contributed by atoms with Gasteiger partial charge >= 0.3 is 5.69 Å². The summed E-state index contributed by atoms with van der Waals surface area (Å²) in [4.78, 5) is 45.7. The molecule has 10 heteroatoms. The van der Waals surface area contributed by atoms with Gasteiger partial charge in [-0.3, -0.25) is 18.7 Å². The second-order valence-corrected chi connectivity index (χ2v) is 9.66. The van der Waals surface area contributed by atoms with Gasteiger partial charge in [0.15, 0.2) is 10.8 Å². The molecule has 1 amide bonds. The van der Waals surface area contributed by atoms with Crippen LogP contribution in [0.5, 0.6) is 0 Å². The maximum Gasteiger partial charge on any atom is 0.333 e. The average Bonchev–Trinajstić information content (AvgIpc) is 3.27. The highest BCUT2D eigenvalue weighted by molar-refractivity contribution is 7.22. The molecule has 176 valence electrons. The minimum atomic E-state index is -0.488. The molecular formula is C23H28ClN5O3S. The largest absolute Gasteiger partial charge is 0.354 e. The number of aromatic nitrogens is 3. The number of halogens is 1. The molecule has 0 spiro atoms. The minimum Gasteiger partial charge on any atom is -0.354 e. The Morgan fingerprint density at radius 1 is 1.12 bits per heavy atom. The Morgan fingerprint density at radius 2 is 1.85 bits per heavy atom. The van der Waals surface area contributed by atoms with Crippen molar-refractivity contribution in [1.29, 1.82) is 0 Å². The number of piperidine rings is 1. The van der Waals surface area contributed by atoms with Crippen LogP contribution >= 0.6 is 22.9 Å². The van der Waals surface area contributed by atoms with Crippen LogP contribution in [0.2, 0.25) is 5.02 Å². The van der Waals surface area contributed by atoms with Crippen molar-refractivity contribution in [3.8, 4) is 0 Å². The smallest absolute Gasteiger partial charge is 0.333 e. The van der Waals surface area contributed by atoms with Gasteiger partial charge in [-0.15, -0.1) is 0 Å². The van der Waals surface area contributed by atoms with Gasteiger partial charge in [-0.25, -0.2) is 9.78 Å². The second-order valence-electron chi connectivity index (χ2n) is 8.25. The van der Waals surface area contributed by atoms with Crippen molar-refractivity contribution in [1.82, 2.24) is 19.4 Å². The molecule has 33 heavy (non-hydrogen) atoms. The first-order valence-corrected chi connectivity index (χ1v) is 12.6. The van der Waals surface area contributed by atoms with E-state index in [1.54, 1.807) is 0 Å². The lowest BCUT2D eigenvalue weighted by Crippen LogP contribution is -2.42. The molecule has 0 atom stereocenters. The van der Waals surface area contributed by atoms with E-state index in [2.05, 4.69) is 15.2 Å². The van der Waals surface area contributed by atoms with Gasteiger partial charge in [0.1, 0.15) is 11.2 Å². The number of thiazole rings is 1. The molecule has 0 unspecified atom stereocenters.